The van der Waals surface area contributed by atoms with E-state index in [2.05, 4.69) is 0 Å². The summed E-state index contributed by atoms with van der Waals surface area (Å²) in [6, 6.07) is 6.67. The molecule has 0 amide bonds. The summed E-state index contributed by atoms with van der Waals surface area (Å²) >= 11 is 0. The van der Waals surface area contributed by atoms with Crippen LogP contribution in [0.4, 0.5) is 17.6 Å². The summed E-state index contributed by atoms with van der Waals surface area (Å²) in [7, 11) is 1.70. The maximum Gasteiger partial charge on any atom is 0.166 e. The number of allylic oxidation sites excluding steroid dienone is 1. The van der Waals surface area contributed by atoms with Crippen molar-refractivity contribution in [3.05, 3.63) is 75.9 Å². The highest BCUT2D eigenvalue weighted by molar-refractivity contribution is 5.51. The van der Waals surface area contributed by atoms with Crippen LogP contribution in [-0.4, -0.2) is 19.8 Å². The van der Waals surface area contributed by atoms with E-state index in [0.29, 0.717) is 17.7 Å². The van der Waals surface area contributed by atoms with Crippen LogP contribution in [-0.2, 0) is 16.1 Å². The van der Waals surface area contributed by atoms with Gasteiger partial charge >= 0.3 is 0 Å². The third kappa shape index (κ3) is 6.03. The van der Waals surface area contributed by atoms with Gasteiger partial charge in [0, 0.05) is 24.8 Å². The maximum absolute atomic E-state index is 15.1. The molecule has 4 rings (SSSR count). The summed E-state index contributed by atoms with van der Waals surface area (Å²) in [5, 5.41) is 0. The molecule has 36 heavy (non-hydrogen) atoms. The van der Waals surface area contributed by atoms with E-state index >= 15 is 8.78 Å². The normalized spacial score (nSPS) is 24.9. The Morgan fingerprint density at radius 1 is 0.750 bits per heavy atom. The summed E-state index contributed by atoms with van der Waals surface area (Å²) in [4.78, 5) is 0. The van der Waals surface area contributed by atoms with Gasteiger partial charge in [0.15, 0.2) is 23.3 Å². The fraction of sp³-hybridized carbons (Fsp3) is 0.533. The van der Waals surface area contributed by atoms with Crippen LogP contribution in [0.5, 0.6) is 0 Å². The molecule has 0 spiro atoms. The Kier molecular flexibility index (Phi) is 9.24. The Bertz CT molecular complexity index is 1050. The van der Waals surface area contributed by atoms with E-state index < -0.39 is 23.3 Å². The highest BCUT2D eigenvalue weighted by Crippen LogP contribution is 2.41. The molecule has 196 valence electrons. The molecule has 2 aromatic carbocycles. The molecule has 0 atom stereocenters. The first-order chi connectivity index (χ1) is 17.4. The first kappa shape index (κ1) is 26.9. The molecule has 0 N–H and O–H groups in total. The molecule has 2 aliphatic carbocycles. The topological polar surface area (TPSA) is 18.5 Å². The zero-order chi connectivity index (χ0) is 25.7. The van der Waals surface area contributed by atoms with Gasteiger partial charge in [-0.05, 0) is 87.2 Å². The van der Waals surface area contributed by atoms with Crippen molar-refractivity contribution in [2.45, 2.75) is 82.8 Å². The summed E-state index contributed by atoms with van der Waals surface area (Å²) in [6.07, 6.45) is 10.2. The standard InChI is InChI=1S/C30H36F4O2/c1-3-36-18-23-11-10-22(27(31)28(23)32)9-6-19-4-7-20(8-5-19)25-16-17-26(30(34)29(25)33)21-12-14-24(35-2)15-13-21/h6,9-11,16-17,19-21,24H,3-5,7-8,12-15,18H2,1-2H3/b9-6+. The molecule has 0 unspecified atom stereocenters. The Balaban J connectivity index is 1.36. The van der Waals surface area contributed by atoms with E-state index in [-0.39, 0.29) is 41.6 Å². The minimum atomic E-state index is -0.873. The van der Waals surface area contributed by atoms with Crippen LogP contribution in [0.25, 0.3) is 6.08 Å². The average molecular weight is 505 g/mol. The van der Waals surface area contributed by atoms with E-state index in [4.69, 9.17) is 9.47 Å². The Morgan fingerprint density at radius 2 is 1.33 bits per heavy atom. The summed E-state index contributed by atoms with van der Waals surface area (Å²) in [5.74, 6) is -2.94. The van der Waals surface area contributed by atoms with Crippen LogP contribution in [0, 0.1) is 29.2 Å². The maximum atomic E-state index is 15.1. The van der Waals surface area contributed by atoms with Crippen molar-refractivity contribution in [2.75, 3.05) is 13.7 Å². The molecule has 2 fully saturated rings. The monoisotopic (exact) mass is 504 g/mol. The number of benzene rings is 2. The Labute approximate surface area is 211 Å². The van der Waals surface area contributed by atoms with Gasteiger partial charge < -0.3 is 9.47 Å². The average Bonchev–Trinajstić information content (AvgIpc) is 2.91. The highest BCUT2D eigenvalue weighted by Gasteiger charge is 2.29. The highest BCUT2D eigenvalue weighted by atomic mass is 19.2. The van der Waals surface area contributed by atoms with Crippen molar-refractivity contribution in [1.82, 2.24) is 0 Å². The molecule has 0 aliphatic heterocycles. The van der Waals surface area contributed by atoms with Crippen molar-refractivity contribution >= 4 is 6.08 Å². The quantitative estimate of drug-likeness (QED) is 0.336. The lowest BCUT2D eigenvalue weighted by molar-refractivity contribution is 0.0655. The molecule has 0 radical (unpaired) electrons. The second-order valence-electron chi connectivity index (χ2n) is 10.1. The molecule has 2 aromatic rings. The van der Waals surface area contributed by atoms with Crippen LogP contribution in [0.2, 0.25) is 0 Å². The number of halogens is 4. The zero-order valence-corrected chi connectivity index (χ0v) is 21.2. The SMILES string of the molecule is CCOCc1ccc(/C=C/C2CCC(c3ccc(C4CCC(OC)CC4)c(F)c3F)CC2)c(F)c1F. The predicted octanol–water partition coefficient (Wildman–Crippen LogP) is 8.44. The lowest BCUT2D eigenvalue weighted by Crippen LogP contribution is -2.20. The summed E-state index contributed by atoms with van der Waals surface area (Å²) in [5.41, 5.74) is 1.36. The van der Waals surface area contributed by atoms with Gasteiger partial charge in [-0.1, -0.05) is 36.4 Å². The molecular formula is C30H36F4O2. The second kappa shape index (κ2) is 12.4. The van der Waals surface area contributed by atoms with Gasteiger partial charge in [-0.15, -0.1) is 0 Å². The van der Waals surface area contributed by atoms with Gasteiger partial charge in [0.05, 0.1) is 12.7 Å². The number of hydrogen-bond donors (Lipinski definition) is 0. The van der Waals surface area contributed by atoms with Crippen LogP contribution >= 0.6 is 0 Å². The fourth-order valence-electron chi connectivity index (χ4n) is 5.74. The Hall–Kier alpha value is -2.18. The lowest BCUT2D eigenvalue weighted by atomic mass is 9.77. The summed E-state index contributed by atoms with van der Waals surface area (Å²) in [6.45, 7) is 2.27. The smallest absolute Gasteiger partial charge is 0.166 e. The van der Waals surface area contributed by atoms with E-state index in [0.717, 1.165) is 51.4 Å². The minimum Gasteiger partial charge on any atom is -0.381 e. The molecule has 2 nitrogen and oxygen atoms in total. The van der Waals surface area contributed by atoms with E-state index in [1.807, 2.05) is 6.08 Å². The van der Waals surface area contributed by atoms with E-state index in [9.17, 15) is 8.78 Å². The molecule has 0 bridgehead atoms. The predicted molar refractivity (Wildman–Crippen MR) is 134 cm³/mol. The van der Waals surface area contributed by atoms with Crippen LogP contribution in [0.3, 0.4) is 0 Å². The summed E-state index contributed by atoms with van der Waals surface area (Å²) < 4.78 is 69.4. The van der Waals surface area contributed by atoms with Gasteiger partial charge in [-0.3, -0.25) is 0 Å². The number of methoxy groups -OCH3 is 1. The Morgan fingerprint density at radius 3 is 1.89 bits per heavy atom. The molecule has 0 aromatic heterocycles. The van der Waals surface area contributed by atoms with E-state index in [1.54, 1.807) is 44.4 Å². The molecule has 0 heterocycles. The zero-order valence-electron chi connectivity index (χ0n) is 21.2. The third-order valence-corrected chi connectivity index (χ3v) is 8.00. The van der Waals surface area contributed by atoms with Crippen LogP contribution in [0.15, 0.2) is 30.3 Å². The first-order valence-electron chi connectivity index (χ1n) is 13.2. The second-order valence-corrected chi connectivity index (χ2v) is 10.1. The van der Waals surface area contributed by atoms with Crippen molar-refractivity contribution in [3.63, 3.8) is 0 Å². The lowest BCUT2D eigenvalue weighted by Gasteiger charge is -2.30. The van der Waals surface area contributed by atoms with Gasteiger partial charge in [-0.25, -0.2) is 17.6 Å². The molecule has 2 aliphatic rings. The van der Waals surface area contributed by atoms with Crippen molar-refractivity contribution in [2.24, 2.45) is 5.92 Å². The number of hydrogen-bond acceptors (Lipinski definition) is 2. The largest absolute Gasteiger partial charge is 0.381 e. The van der Waals surface area contributed by atoms with Gasteiger partial charge in [0.1, 0.15) is 0 Å². The van der Waals surface area contributed by atoms with Crippen LogP contribution in [0.1, 0.15) is 92.4 Å². The molecule has 0 saturated heterocycles. The molecule has 6 heteroatoms. The third-order valence-electron chi connectivity index (χ3n) is 8.00. The van der Waals surface area contributed by atoms with Gasteiger partial charge in [-0.2, -0.15) is 0 Å². The van der Waals surface area contributed by atoms with Gasteiger partial charge in [0.25, 0.3) is 0 Å². The van der Waals surface area contributed by atoms with Crippen molar-refractivity contribution in [3.8, 4) is 0 Å². The molecular weight excluding hydrogens is 468 g/mol. The van der Waals surface area contributed by atoms with Crippen molar-refractivity contribution in [1.29, 1.82) is 0 Å². The first-order valence-corrected chi connectivity index (χ1v) is 13.2. The van der Waals surface area contributed by atoms with Crippen molar-refractivity contribution < 1.29 is 27.0 Å². The fourth-order valence-corrected chi connectivity index (χ4v) is 5.74. The minimum absolute atomic E-state index is 0.0329. The molecule has 2 saturated carbocycles. The number of ether oxygens (including phenoxy) is 2. The number of rotatable bonds is 8. The van der Waals surface area contributed by atoms with E-state index in [1.165, 1.54) is 0 Å². The van der Waals surface area contributed by atoms with Gasteiger partial charge in [0.2, 0.25) is 0 Å². The van der Waals surface area contributed by atoms with Crippen LogP contribution < -0.4 is 0 Å².